The highest BCUT2D eigenvalue weighted by Gasteiger charge is 2.17. The van der Waals surface area contributed by atoms with Crippen molar-refractivity contribution in [1.82, 2.24) is 19.7 Å². The van der Waals surface area contributed by atoms with Crippen LogP contribution in [0.1, 0.15) is 39.4 Å². The summed E-state index contributed by atoms with van der Waals surface area (Å²) >= 11 is 5.88. The Balaban J connectivity index is 2.71. The topological polar surface area (TPSA) is 34.0 Å². The lowest BCUT2D eigenvalue weighted by Crippen LogP contribution is -2.36. The van der Waals surface area contributed by atoms with Gasteiger partial charge in [0, 0.05) is 25.0 Å². The van der Waals surface area contributed by atoms with Gasteiger partial charge >= 0.3 is 0 Å². The molecule has 0 aromatic carbocycles. The molecular weight excluding hydrogens is 236 g/mol. The van der Waals surface area contributed by atoms with Gasteiger partial charge in [-0.25, -0.2) is 9.67 Å². The lowest BCUT2D eigenvalue weighted by Gasteiger charge is -2.29. The first-order valence-electron chi connectivity index (χ1n) is 6.43. The maximum atomic E-state index is 5.88. The number of aryl methyl sites for hydroxylation is 1. The first-order valence-corrected chi connectivity index (χ1v) is 6.96. The van der Waals surface area contributed by atoms with Crippen molar-refractivity contribution in [2.45, 2.75) is 52.7 Å². The molecule has 0 aliphatic rings. The van der Waals surface area contributed by atoms with Crippen molar-refractivity contribution in [3.05, 3.63) is 12.2 Å². The van der Waals surface area contributed by atoms with Gasteiger partial charge in [-0.1, -0.05) is 13.8 Å². The molecule has 5 heteroatoms. The van der Waals surface area contributed by atoms with Gasteiger partial charge in [0.05, 0.1) is 6.54 Å². The summed E-state index contributed by atoms with van der Waals surface area (Å²) in [5.41, 5.74) is 0. The normalized spacial score (nSPS) is 11.6. The van der Waals surface area contributed by atoms with Gasteiger partial charge in [-0.2, -0.15) is 5.10 Å². The first kappa shape index (κ1) is 14.5. The van der Waals surface area contributed by atoms with E-state index in [1.165, 1.54) is 0 Å². The first-order chi connectivity index (χ1) is 8.26. The van der Waals surface area contributed by atoms with E-state index in [9.17, 15) is 0 Å². The lowest BCUT2D eigenvalue weighted by molar-refractivity contribution is 0.180. The molecule has 4 nitrogen and oxygen atoms in total. The third-order valence-electron chi connectivity index (χ3n) is 3.17. The van der Waals surface area contributed by atoms with Crippen LogP contribution in [0, 0.1) is 0 Å². The number of nitrogens with zero attached hydrogens (tertiary/aromatic N) is 4. The summed E-state index contributed by atoms with van der Waals surface area (Å²) in [6.07, 6.45) is 3.92. The minimum atomic E-state index is 0.579. The highest BCUT2D eigenvalue weighted by atomic mass is 35.5. The molecule has 0 fully saturated rings. The molecule has 0 unspecified atom stereocenters. The molecule has 0 spiro atoms. The highest BCUT2D eigenvalue weighted by Crippen LogP contribution is 2.12. The molecular formula is C12H23ClN4. The van der Waals surface area contributed by atoms with Crippen LogP contribution in [0.4, 0.5) is 0 Å². The molecule has 98 valence electrons. The summed E-state index contributed by atoms with van der Waals surface area (Å²) < 4.78 is 1.95. The molecule has 1 rings (SSSR count). The van der Waals surface area contributed by atoms with Gasteiger partial charge in [0.15, 0.2) is 0 Å². The lowest BCUT2D eigenvalue weighted by atomic mass is 10.1. The summed E-state index contributed by atoms with van der Waals surface area (Å²) in [7, 11) is 0. The molecule has 17 heavy (non-hydrogen) atoms. The quantitative estimate of drug-likeness (QED) is 0.672. The van der Waals surface area contributed by atoms with Crippen LogP contribution in [0.3, 0.4) is 0 Å². The summed E-state index contributed by atoms with van der Waals surface area (Å²) in [6, 6.07) is 0.579. The second-order valence-corrected chi connectivity index (χ2v) is 4.50. The Kier molecular flexibility index (Phi) is 6.52. The third kappa shape index (κ3) is 3.96. The van der Waals surface area contributed by atoms with E-state index in [2.05, 4.69) is 35.8 Å². The number of hydrogen-bond acceptors (Lipinski definition) is 3. The van der Waals surface area contributed by atoms with Gasteiger partial charge in [0.2, 0.25) is 0 Å². The van der Waals surface area contributed by atoms with Gasteiger partial charge in [0.25, 0.3) is 0 Å². The van der Waals surface area contributed by atoms with E-state index < -0.39 is 0 Å². The number of aromatic nitrogens is 3. The van der Waals surface area contributed by atoms with E-state index in [0.717, 1.165) is 38.3 Å². The van der Waals surface area contributed by atoms with Crippen molar-refractivity contribution >= 4 is 11.6 Å². The maximum absolute atomic E-state index is 5.88. The van der Waals surface area contributed by atoms with Crippen molar-refractivity contribution in [3.63, 3.8) is 0 Å². The van der Waals surface area contributed by atoms with Crippen LogP contribution in [-0.2, 0) is 13.1 Å². The maximum Gasteiger partial charge on any atom is 0.141 e. The second kappa shape index (κ2) is 7.67. The standard InChI is InChI=1S/C12H23ClN4/c1-4-11(5-2)16(8-7-13)9-12-14-10-15-17(12)6-3/h10-11H,4-9H2,1-3H3. The second-order valence-electron chi connectivity index (χ2n) is 4.12. The fourth-order valence-corrected chi connectivity index (χ4v) is 2.38. The molecule has 0 amide bonds. The van der Waals surface area contributed by atoms with E-state index in [4.69, 9.17) is 11.6 Å². The Labute approximate surface area is 109 Å². The number of rotatable bonds is 8. The SMILES string of the molecule is CCC(CC)N(CCCl)Cc1ncnn1CC. The van der Waals surface area contributed by atoms with Crippen LogP contribution in [-0.4, -0.2) is 38.1 Å². The average Bonchev–Trinajstić information content (AvgIpc) is 2.78. The van der Waals surface area contributed by atoms with Crippen molar-refractivity contribution in [1.29, 1.82) is 0 Å². The highest BCUT2D eigenvalue weighted by molar-refractivity contribution is 6.18. The molecule has 0 saturated heterocycles. The molecule has 0 saturated carbocycles. The number of hydrogen-bond donors (Lipinski definition) is 0. The Morgan fingerprint density at radius 3 is 2.59 bits per heavy atom. The van der Waals surface area contributed by atoms with Crippen LogP contribution in [0.25, 0.3) is 0 Å². The molecule has 0 aliphatic heterocycles. The number of alkyl halides is 1. The van der Waals surface area contributed by atoms with Crippen LogP contribution in [0.5, 0.6) is 0 Å². The van der Waals surface area contributed by atoms with Gasteiger partial charge < -0.3 is 0 Å². The fourth-order valence-electron chi connectivity index (χ4n) is 2.16. The van der Waals surface area contributed by atoms with Crippen LogP contribution in [0.2, 0.25) is 0 Å². The average molecular weight is 259 g/mol. The van der Waals surface area contributed by atoms with Crippen molar-refractivity contribution < 1.29 is 0 Å². The summed E-state index contributed by atoms with van der Waals surface area (Å²) in [5, 5.41) is 4.20. The predicted molar refractivity (Wildman–Crippen MR) is 71.2 cm³/mol. The van der Waals surface area contributed by atoms with E-state index >= 15 is 0 Å². The Bertz CT molecular complexity index is 309. The molecule has 1 aromatic heterocycles. The molecule has 0 aliphatic carbocycles. The molecule has 0 radical (unpaired) electrons. The zero-order valence-corrected chi connectivity index (χ0v) is 11.8. The molecule has 0 atom stereocenters. The van der Waals surface area contributed by atoms with Gasteiger partial charge in [-0.05, 0) is 19.8 Å². The molecule has 1 aromatic rings. The fraction of sp³-hybridized carbons (Fsp3) is 0.833. The predicted octanol–water partition coefficient (Wildman–Crippen LogP) is 2.53. The largest absolute Gasteiger partial charge is 0.292 e. The monoisotopic (exact) mass is 258 g/mol. The Hall–Kier alpha value is -0.610. The van der Waals surface area contributed by atoms with E-state index in [-0.39, 0.29) is 0 Å². The van der Waals surface area contributed by atoms with Gasteiger partial charge in [0.1, 0.15) is 12.2 Å². The van der Waals surface area contributed by atoms with Crippen molar-refractivity contribution in [2.75, 3.05) is 12.4 Å². The minimum Gasteiger partial charge on any atom is -0.292 e. The molecule has 0 N–H and O–H groups in total. The van der Waals surface area contributed by atoms with E-state index in [1.807, 2.05) is 4.68 Å². The molecule has 1 heterocycles. The van der Waals surface area contributed by atoms with Gasteiger partial charge in [-0.15, -0.1) is 11.6 Å². The zero-order chi connectivity index (χ0) is 12.7. The van der Waals surface area contributed by atoms with Crippen LogP contribution >= 0.6 is 11.6 Å². The summed E-state index contributed by atoms with van der Waals surface area (Å²) in [5.74, 6) is 1.70. The summed E-state index contributed by atoms with van der Waals surface area (Å²) in [4.78, 5) is 6.73. The summed E-state index contributed by atoms with van der Waals surface area (Å²) in [6.45, 7) is 9.14. The smallest absolute Gasteiger partial charge is 0.141 e. The third-order valence-corrected chi connectivity index (χ3v) is 3.34. The Morgan fingerprint density at radius 1 is 1.35 bits per heavy atom. The van der Waals surface area contributed by atoms with Gasteiger partial charge in [-0.3, -0.25) is 4.90 Å². The minimum absolute atomic E-state index is 0.579. The zero-order valence-electron chi connectivity index (χ0n) is 11.1. The van der Waals surface area contributed by atoms with Crippen LogP contribution < -0.4 is 0 Å². The van der Waals surface area contributed by atoms with E-state index in [1.54, 1.807) is 6.33 Å². The van der Waals surface area contributed by atoms with Crippen LogP contribution in [0.15, 0.2) is 6.33 Å². The Morgan fingerprint density at radius 2 is 2.06 bits per heavy atom. The van der Waals surface area contributed by atoms with E-state index in [0.29, 0.717) is 11.9 Å². The molecule has 0 bridgehead atoms. The van der Waals surface area contributed by atoms with Crippen molar-refractivity contribution in [2.24, 2.45) is 0 Å². The number of halogens is 1. The van der Waals surface area contributed by atoms with Crippen molar-refractivity contribution in [3.8, 4) is 0 Å².